The molecule has 2 aromatic carbocycles. The molecule has 0 heterocycles. The van der Waals surface area contributed by atoms with Gasteiger partial charge in [-0.3, -0.25) is 4.79 Å². The number of benzene rings is 2. The number of hydrogen-bond acceptors (Lipinski definition) is 3. The maximum Gasteiger partial charge on any atom is 0.228 e. The summed E-state index contributed by atoms with van der Waals surface area (Å²) >= 11 is 11.8. The lowest BCUT2D eigenvalue weighted by Gasteiger charge is -2.10. The number of nitrogens with two attached hydrogens (primary N) is 1. The number of carbonyl (C=O) groups is 1. The lowest BCUT2D eigenvalue weighted by Crippen LogP contribution is -2.15. The lowest BCUT2D eigenvalue weighted by atomic mass is 10.1. The summed E-state index contributed by atoms with van der Waals surface area (Å²) in [6.45, 7) is 0. The molecule has 0 saturated heterocycles. The van der Waals surface area contributed by atoms with E-state index in [1.54, 1.807) is 43.5 Å². The summed E-state index contributed by atoms with van der Waals surface area (Å²) in [6, 6.07) is 10.1. The molecule has 3 N–H and O–H groups in total. The molecule has 0 bridgehead atoms. The summed E-state index contributed by atoms with van der Waals surface area (Å²) in [6.07, 6.45) is 0.174. The van der Waals surface area contributed by atoms with Crippen LogP contribution in [0.3, 0.4) is 0 Å². The van der Waals surface area contributed by atoms with Crippen molar-refractivity contribution in [3.8, 4) is 5.75 Å². The topological polar surface area (TPSA) is 64.3 Å². The summed E-state index contributed by atoms with van der Waals surface area (Å²) in [5, 5.41) is 3.62. The zero-order valence-electron chi connectivity index (χ0n) is 11.3. The fourth-order valence-electron chi connectivity index (χ4n) is 1.80. The van der Waals surface area contributed by atoms with E-state index in [1.165, 1.54) is 0 Å². The zero-order chi connectivity index (χ0) is 15.4. The Hall–Kier alpha value is -1.91. The Morgan fingerprint density at radius 2 is 1.95 bits per heavy atom. The van der Waals surface area contributed by atoms with Crippen LogP contribution < -0.4 is 15.8 Å². The van der Waals surface area contributed by atoms with E-state index in [9.17, 15) is 4.79 Å². The molecule has 0 fully saturated rings. The van der Waals surface area contributed by atoms with Gasteiger partial charge in [-0.15, -0.1) is 0 Å². The first-order chi connectivity index (χ1) is 9.99. The number of anilines is 2. The SMILES string of the molecule is COc1ccc(N)c(NC(=O)Cc2ccc(Cl)c(Cl)c2)c1. The summed E-state index contributed by atoms with van der Waals surface area (Å²) in [7, 11) is 1.55. The van der Waals surface area contributed by atoms with Gasteiger partial charge in [-0.25, -0.2) is 0 Å². The predicted octanol–water partition coefficient (Wildman–Crippen LogP) is 3.77. The van der Waals surface area contributed by atoms with Crippen LogP contribution in [0.4, 0.5) is 11.4 Å². The van der Waals surface area contributed by atoms with Crippen molar-refractivity contribution in [1.29, 1.82) is 0 Å². The van der Waals surface area contributed by atoms with E-state index in [0.717, 1.165) is 5.56 Å². The molecular formula is C15H14Cl2N2O2. The van der Waals surface area contributed by atoms with Crippen molar-refractivity contribution in [2.24, 2.45) is 0 Å². The summed E-state index contributed by atoms with van der Waals surface area (Å²) in [5.74, 6) is 0.419. The average Bonchev–Trinajstić information content (AvgIpc) is 2.45. The quantitative estimate of drug-likeness (QED) is 0.841. The first-order valence-corrected chi connectivity index (χ1v) is 6.92. The molecule has 110 valence electrons. The van der Waals surface area contributed by atoms with Gasteiger partial charge in [-0.1, -0.05) is 29.3 Å². The number of amides is 1. The van der Waals surface area contributed by atoms with Gasteiger partial charge in [0, 0.05) is 6.07 Å². The highest BCUT2D eigenvalue weighted by Crippen LogP contribution is 2.25. The number of rotatable bonds is 4. The first kappa shape index (κ1) is 15.5. The van der Waals surface area contributed by atoms with Gasteiger partial charge in [0.2, 0.25) is 5.91 Å². The van der Waals surface area contributed by atoms with Crippen molar-refractivity contribution in [1.82, 2.24) is 0 Å². The Bertz CT molecular complexity index is 675. The zero-order valence-corrected chi connectivity index (χ0v) is 12.8. The second kappa shape index (κ2) is 6.70. The van der Waals surface area contributed by atoms with Gasteiger partial charge in [0.15, 0.2) is 0 Å². The molecule has 0 aromatic heterocycles. The van der Waals surface area contributed by atoms with E-state index in [4.69, 9.17) is 33.7 Å². The summed E-state index contributed by atoms with van der Waals surface area (Å²) in [4.78, 5) is 12.0. The second-order valence-electron chi connectivity index (χ2n) is 4.43. The largest absolute Gasteiger partial charge is 0.497 e. The maximum atomic E-state index is 12.0. The Balaban J connectivity index is 2.09. The fraction of sp³-hybridized carbons (Fsp3) is 0.133. The minimum absolute atomic E-state index is 0.174. The van der Waals surface area contributed by atoms with Crippen molar-refractivity contribution in [3.63, 3.8) is 0 Å². The molecule has 0 unspecified atom stereocenters. The van der Waals surface area contributed by atoms with Crippen LogP contribution in [0.1, 0.15) is 5.56 Å². The normalized spacial score (nSPS) is 10.2. The van der Waals surface area contributed by atoms with E-state index in [0.29, 0.717) is 27.2 Å². The van der Waals surface area contributed by atoms with Crippen LogP contribution in [0, 0.1) is 0 Å². The van der Waals surface area contributed by atoms with Gasteiger partial charge in [0.05, 0.1) is 35.0 Å². The van der Waals surface area contributed by atoms with Crippen LogP contribution in [0.25, 0.3) is 0 Å². The first-order valence-electron chi connectivity index (χ1n) is 6.17. The fourth-order valence-corrected chi connectivity index (χ4v) is 2.12. The predicted molar refractivity (Wildman–Crippen MR) is 86.2 cm³/mol. The van der Waals surface area contributed by atoms with Crippen LogP contribution in [0.15, 0.2) is 36.4 Å². The van der Waals surface area contributed by atoms with E-state index in [2.05, 4.69) is 5.32 Å². The molecule has 0 saturated carbocycles. The molecule has 0 aliphatic rings. The number of ether oxygens (including phenoxy) is 1. The molecule has 2 aromatic rings. The Kier molecular flexibility index (Phi) is 4.94. The standard InChI is InChI=1S/C15H14Cl2N2O2/c1-21-10-3-5-13(18)14(8-10)19-15(20)7-9-2-4-11(16)12(17)6-9/h2-6,8H,7,18H2,1H3,(H,19,20). The molecule has 0 aliphatic heterocycles. The van der Waals surface area contributed by atoms with Crippen molar-refractivity contribution < 1.29 is 9.53 Å². The molecule has 2 rings (SSSR count). The molecule has 0 spiro atoms. The van der Waals surface area contributed by atoms with Crippen LogP contribution in [0.2, 0.25) is 10.0 Å². The van der Waals surface area contributed by atoms with E-state index in [-0.39, 0.29) is 12.3 Å². The molecule has 1 amide bonds. The molecule has 0 atom stereocenters. The number of nitrogens with one attached hydrogen (secondary N) is 1. The van der Waals surface area contributed by atoms with Crippen molar-refractivity contribution in [2.75, 3.05) is 18.2 Å². The van der Waals surface area contributed by atoms with Gasteiger partial charge >= 0.3 is 0 Å². The van der Waals surface area contributed by atoms with Crippen LogP contribution in [-0.4, -0.2) is 13.0 Å². The Morgan fingerprint density at radius 1 is 1.19 bits per heavy atom. The van der Waals surface area contributed by atoms with E-state index < -0.39 is 0 Å². The number of methoxy groups -OCH3 is 1. The highest BCUT2D eigenvalue weighted by molar-refractivity contribution is 6.42. The van der Waals surface area contributed by atoms with Crippen molar-refractivity contribution in [3.05, 3.63) is 52.0 Å². The minimum Gasteiger partial charge on any atom is -0.497 e. The van der Waals surface area contributed by atoms with Gasteiger partial charge in [-0.05, 0) is 29.8 Å². The molecule has 0 aliphatic carbocycles. The maximum absolute atomic E-state index is 12.0. The molecule has 21 heavy (non-hydrogen) atoms. The molecule has 6 heteroatoms. The number of hydrogen-bond donors (Lipinski definition) is 2. The van der Waals surface area contributed by atoms with Crippen LogP contribution >= 0.6 is 23.2 Å². The molecular weight excluding hydrogens is 311 g/mol. The number of carbonyl (C=O) groups excluding carboxylic acids is 1. The average molecular weight is 325 g/mol. The van der Waals surface area contributed by atoms with E-state index >= 15 is 0 Å². The third-order valence-corrected chi connectivity index (χ3v) is 3.62. The Labute approximate surface area is 132 Å². The number of halogens is 2. The Morgan fingerprint density at radius 3 is 2.62 bits per heavy atom. The molecule has 0 radical (unpaired) electrons. The van der Waals surface area contributed by atoms with Crippen molar-refractivity contribution >= 4 is 40.5 Å². The monoisotopic (exact) mass is 324 g/mol. The highest BCUT2D eigenvalue weighted by Gasteiger charge is 2.09. The lowest BCUT2D eigenvalue weighted by molar-refractivity contribution is -0.115. The second-order valence-corrected chi connectivity index (χ2v) is 5.24. The van der Waals surface area contributed by atoms with Gasteiger partial charge in [-0.2, -0.15) is 0 Å². The molecule has 4 nitrogen and oxygen atoms in total. The third-order valence-electron chi connectivity index (χ3n) is 2.88. The summed E-state index contributed by atoms with van der Waals surface area (Å²) in [5.41, 5.74) is 7.57. The highest BCUT2D eigenvalue weighted by atomic mass is 35.5. The third kappa shape index (κ3) is 4.03. The van der Waals surface area contributed by atoms with Gasteiger partial charge in [0.25, 0.3) is 0 Å². The van der Waals surface area contributed by atoms with Crippen LogP contribution in [-0.2, 0) is 11.2 Å². The minimum atomic E-state index is -0.201. The van der Waals surface area contributed by atoms with Crippen molar-refractivity contribution in [2.45, 2.75) is 6.42 Å². The van der Waals surface area contributed by atoms with Gasteiger partial charge in [0.1, 0.15) is 5.75 Å². The van der Waals surface area contributed by atoms with E-state index in [1.807, 2.05) is 0 Å². The number of nitrogen functional groups attached to an aromatic ring is 1. The van der Waals surface area contributed by atoms with Gasteiger partial charge < -0.3 is 15.8 Å². The smallest absolute Gasteiger partial charge is 0.228 e. The van der Waals surface area contributed by atoms with Crippen LogP contribution in [0.5, 0.6) is 5.75 Å². The summed E-state index contributed by atoms with van der Waals surface area (Å²) < 4.78 is 5.10.